The first-order valence-electron chi connectivity index (χ1n) is 6.04. The molecule has 0 amide bonds. The minimum atomic E-state index is 0. The molecule has 0 spiro atoms. The van der Waals surface area contributed by atoms with Crippen LogP contribution in [0.4, 0.5) is 5.69 Å². The predicted octanol–water partition coefficient (Wildman–Crippen LogP) is 1.77. The van der Waals surface area contributed by atoms with Crippen molar-refractivity contribution < 1.29 is 9.84 Å². The molecule has 0 fully saturated rings. The first-order valence-corrected chi connectivity index (χ1v) is 6.04. The van der Waals surface area contributed by atoms with Crippen molar-refractivity contribution in [1.29, 1.82) is 0 Å². The van der Waals surface area contributed by atoms with Crippen molar-refractivity contribution >= 4 is 18.1 Å². The largest absolute Gasteiger partial charge is 0.394 e. The highest BCUT2D eigenvalue weighted by atomic mass is 35.5. The normalized spacial score (nSPS) is 12.3. The van der Waals surface area contributed by atoms with Crippen LogP contribution < -0.4 is 5.32 Å². The summed E-state index contributed by atoms with van der Waals surface area (Å²) >= 11 is 0. The van der Waals surface area contributed by atoms with Crippen LogP contribution in [0.15, 0.2) is 12.4 Å². The van der Waals surface area contributed by atoms with Gasteiger partial charge in [0.2, 0.25) is 0 Å². The Bertz CT molecular complexity index is 318. The molecule has 0 bridgehead atoms. The van der Waals surface area contributed by atoms with E-state index in [1.54, 1.807) is 13.3 Å². The van der Waals surface area contributed by atoms with Crippen LogP contribution in [0.1, 0.15) is 20.3 Å². The summed E-state index contributed by atoms with van der Waals surface area (Å²) < 4.78 is 6.82. The van der Waals surface area contributed by atoms with Crippen molar-refractivity contribution in [2.45, 2.75) is 32.9 Å². The van der Waals surface area contributed by atoms with Gasteiger partial charge in [0.15, 0.2) is 0 Å². The van der Waals surface area contributed by atoms with E-state index in [1.807, 2.05) is 10.9 Å². The van der Waals surface area contributed by atoms with E-state index in [9.17, 15) is 5.11 Å². The Kier molecular flexibility index (Phi) is 8.79. The highest BCUT2D eigenvalue weighted by Gasteiger charge is 2.10. The monoisotopic (exact) mass is 277 g/mol. The van der Waals surface area contributed by atoms with Crippen LogP contribution in [0.3, 0.4) is 0 Å². The Morgan fingerprint density at radius 1 is 1.50 bits per heavy atom. The number of halogens is 1. The lowest BCUT2D eigenvalue weighted by molar-refractivity contribution is 0.183. The summed E-state index contributed by atoms with van der Waals surface area (Å²) in [6, 6.07) is 0.0927. The van der Waals surface area contributed by atoms with Crippen molar-refractivity contribution in [2.24, 2.45) is 5.92 Å². The Labute approximate surface area is 115 Å². The molecule has 1 heterocycles. The summed E-state index contributed by atoms with van der Waals surface area (Å²) in [4.78, 5) is 0. The fourth-order valence-corrected chi connectivity index (χ4v) is 1.73. The van der Waals surface area contributed by atoms with Crippen molar-refractivity contribution in [3.05, 3.63) is 12.4 Å². The van der Waals surface area contributed by atoms with E-state index in [-0.39, 0.29) is 25.1 Å². The van der Waals surface area contributed by atoms with Gasteiger partial charge < -0.3 is 15.2 Å². The van der Waals surface area contributed by atoms with Crippen LogP contribution in [0, 0.1) is 5.92 Å². The average molecular weight is 278 g/mol. The second kappa shape index (κ2) is 9.19. The van der Waals surface area contributed by atoms with Crippen LogP contribution in [0.5, 0.6) is 0 Å². The minimum absolute atomic E-state index is 0. The number of nitrogens with one attached hydrogen (secondary N) is 1. The van der Waals surface area contributed by atoms with Crippen LogP contribution in [-0.4, -0.2) is 41.3 Å². The quantitative estimate of drug-likeness (QED) is 0.760. The molecule has 0 saturated heterocycles. The molecule has 0 radical (unpaired) electrons. The lowest BCUT2D eigenvalue weighted by Gasteiger charge is -2.18. The van der Waals surface area contributed by atoms with Gasteiger partial charge >= 0.3 is 0 Å². The van der Waals surface area contributed by atoms with E-state index in [4.69, 9.17) is 4.74 Å². The standard InChI is InChI=1S/C12H23N3O2.ClH/c1-10(2)6-11(9-16)14-12-7-13-15(8-12)4-5-17-3;/h7-8,10-11,14,16H,4-6,9H2,1-3H3;1H/t11-;/m1./s1. The molecule has 1 rings (SSSR count). The zero-order valence-corrected chi connectivity index (χ0v) is 12.1. The predicted molar refractivity (Wildman–Crippen MR) is 75.3 cm³/mol. The second-order valence-corrected chi connectivity index (χ2v) is 4.64. The van der Waals surface area contributed by atoms with Gasteiger partial charge in [0.05, 0.1) is 31.6 Å². The minimum Gasteiger partial charge on any atom is -0.394 e. The van der Waals surface area contributed by atoms with Gasteiger partial charge in [-0.15, -0.1) is 12.4 Å². The van der Waals surface area contributed by atoms with Crippen molar-refractivity contribution in [1.82, 2.24) is 9.78 Å². The summed E-state index contributed by atoms with van der Waals surface area (Å²) in [5.41, 5.74) is 0.945. The number of aliphatic hydroxyl groups is 1. The van der Waals surface area contributed by atoms with E-state index in [1.165, 1.54) is 0 Å². The Hall–Kier alpha value is -0.780. The second-order valence-electron chi connectivity index (χ2n) is 4.64. The molecule has 18 heavy (non-hydrogen) atoms. The van der Waals surface area contributed by atoms with E-state index in [2.05, 4.69) is 24.3 Å². The number of hydrogen-bond acceptors (Lipinski definition) is 4. The lowest BCUT2D eigenvalue weighted by atomic mass is 10.0. The molecule has 0 aliphatic rings. The molecule has 1 aromatic heterocycles. The third-order valence-electron chi connectivity index (χ3n) is 2.50. The molecule has 0 aliphatic heterocycles. The number of nitrogens with zero attached hydrogens (tertiary/aromatic N) is 2. The maximum Gasteiger partial charge on any atom is 0.0729 e. The molecule has 1 atom stereocenters. The van der Waals surface area contributed by atoms with Gasteiger partial charge in [0, 0.05) is 19.3 Å². The van der Waals surface area contributed by atoms with Crippen molar-refractivity contribution in [3.8, 4) is 0 Å². The molecule has 6 heteroatoms. The third-order valence-corrected chi connectivity index (χ3v) is 2.50. The van der Waals surface area contributed by atoms with E-state index in [0.717, 1.165) is 18.7 Å². The molecule has 1 aromatic rings. The Morgan fingerprint density at radius 3 is 2.78 bits per heavy atom. The zero-order valence-electron chi connectivity index (χ0n) is 11.3. The first-order chi connectivity index (χ1) is 8.15. The molecule has 5 nitrogen and oxygen atoms in total. The third kappa shape index (κ3) is 6.23. The summed E-state index contributed by atoms with van der Waals surface area (Å²) in [6.45, 7) is 5.82. The molecule has 0 aliphatic carbocycles. The van der Waals surface area contributed by atoms with E-state index >= 15 is 0 Å². The highest BCUT2D eigenvalue weighted by molar-refractivity contribution is 5.85. The number of methoxy groups -OCH3 is 1. The highest BCUT2D eigenvalue weighted by Crippen LogP contribution is 2.12. The maximum atomic E-state index is 9.27. The number of ether oxygens (including phenoxy) is 1. The molecular formula is C12H24ClN3O2. The summed E-state index contributed by atoms with van der Waals surface area (Å²) in [5, 5.41) is 16.8. The van der Waals surface area contributed by atoms with Gasteiger partial charge in [-0.05, 0) is 12.3 Å². The SMILES string of the molecule is COCCn1cc(N[C@@H](CO)CC(C)C)cn1.Cl. The smallest absolute Gasteiger partial charge is 0.0729 e. The maximum absolute atomic E-state index is 9.27. The lowest BCUT2D eigenvalue weighted by Crippen LogP contribution is -2.25. The molecule has 0 aromatic carbocycles. The van der Waals surface area contributed by atoms with Gasteiger partial charge in [-0.1, -0.05) is 13.8 Å². The van der Waals surface area contributed by atoms with Crippen LogP contribution in [0.25, 0.3) is 0 Å². The van der Waals surface area contributed by atoms with Crippen molar-refractivity contribution in [2.75, 3.05) is 25.6 Å². The number of anilines is 1. The average Bonchev–Trinajstić information content (AvgIpc) is 2.72. The number of rotatable bonds is 8. The topological polar surface area (TPSA) is 59.3 Å². The Morgan fingerprint density at radius 2 is 2.22 bits per heavy atom. The van der Waals surface area contributed by atoms with E-state index in [0.29, 0.717) is 12.5 Å². The zero-order chi connectivity index (χ0) is 12.7. The summed E-state index contributed by atoms with van der Waals surface area (Å²) in [6.07, 6.45) is 4.65. The van der Waals surface area contributed by atoms with Gasteiger partial charge in [-0.25, -0.2) is 0 Å². The molecule has 2 N–H and O–H groups in total. The fraction of sp³-hybridized carbons (Fsp3) is 0.750. The van der Waals surface area contributed by atoms with Crippen LogP contribution in [0.2, 0.25) is 0 Å². The molecular weight excluding hydrogens is 254 g/mol. The summed E-state index contributed by atoms with van der Waals surface area (Å²) in [7, 11) is 1.67. The number of aromatic nitrogens is 2. The van der Waals surface area contributed by atoms with E-state index < -0.39 is 0 Å². The summed E-state index contributed by atoms with van der Waals surface area (Å²) in [5.74, 6) is 0.559. The molecule has 0 saturated carbocycles. The first kappa shape index (κ1) is 17.2. The van der Waals surface area contributed by atoms with Crippen LogP contribution >= 0.6 is 12.4 Å². The fourth-order valence-electron chi connectivity index (χ4n) is 1.73. The van der Waals surface area contributed by atoms with Crippen molar-refractivity contribution in [3.63, 3.8) is 0 Å². The van der Waals surface area contributed by atoms with Gasteiger partial charge in [0.25, 0.3) is 0 Å². The van der Waals surface area contributed by atoms with Gasteiger partial charge in [0.1, 0.15) is 0 Å². The number of aliphatic hydroxyl groups excluding tert-OH is 1. The Balaban J connectivity index is 0.00000289. The molecule has 106 valence electrons. The molecule has 0 unspecified atom stereocenters. The van der Waals surface area contributed by atoms with Crippen LogP contribution in [-0.2, 0) is 11.3 Å². The number of hydrogen-bond donors (Lipinski definition) is 2. The van der Waals surface area contributed by atoms with Gasteiger partial charge in [-0.2, -0.15) is 5.10 Å². The van der Waals surface area contributed by atoms with Gasteiger partial charge in [-0.3, -0.25) is 4.68 Å².